The van der Waals surface area contributed by atoms with Gasteiger partial charge in [-0.05, 0) is 53.2 Å². The van der Waals surface area contributed by atoms with E-state index in [9.17, 15) is 9.36 Å². The first-order valence-corrected chi connectivity index (χ1v) is 7.12. The summed E-state index contributed by atoms with van der Waals surface area (Å²) in [6.45, 7) is 5.78. The number of carbonyl (C=O) groups excluding carboxylic acids is 1. The minimum atomic E-state index is -1.08. The van der Waals surface area contributed by atoms with Crippen LogP contribution in [-0.2, 0) is 9.09 Å². The van der Waals surface area contributed by atoms with E-state index in [0.29, 0.717) is 5.56 Å². The number of rotatable bonds is 3. The zero-order valence-corrected chi connectivity index (χ0v) is 15.7. The Morgan fingerprint density at radius 2 is 1.67 bits per heavy atom. The molecule has 0 saturated heterocycles. The monoisotopic (exact) mass is 310 g/mol. The Bertz CT molecular complexity index is 669. The molecule has 0 spiro atoms. The Morgan fingerprint density at radius 1 is 1.05 bits per heavy atom. The molecule has 0 saturated carbocycles. The standard InChI is InChI=1S/C16H16O3P.Na/c1-10-9-11(2)15(16(17)19-20-18)12(3)14(10)13-7-5-4-6-8-13;/h4-9,20H,1-3H3;/q+1;. The number of benzene rings is 2. The van der Waals surface area contributed by atoms with Crippen LogP contribution in [0, 0.1) is 20.8 Å². The summed E-state index contributed by atoms with van der Waals surface area (Å²) in [4.78, 5) is 12.0. The number of hydrogen-bond donors (Lipinski definition) is 0. The van der Waals surface area contributed by atoms with E-state index in [1.54, 1.807) is 0 Å². The van der Waals surface area contributed by atoms with E-state index in [2.05, 4.69) is 4.52 Å². The summed E-state index contributed by atoms with van der Waals surface area (Å²) in [5.74, 6) is -0.537. The average molecular weight is 310 g/mol. The fourth-order valence-corrected chi connectivity index (χ4v) is 2.82. The Labute approximate surface area is 148 Å². The van der Waals surface area contributed by atoms with Crippen molar-refractivity contribution < 1.29 is 13.9 Å². The summed E-state index contributed by atoms with van der Waals surface area (Å²) in [5, 5.41) is 0. The van der Waals surface area contributed by atoms with Crippen LogP contribution in [-0.4, -0.2) is 35.5 Å². The van der Waals surface area contributed by atoms with Gasteiger partial charge in [0.15, 0.2) is 0 Å². The predicted octanol–water partition coefficient (Wildman–Crippen LogP) is 3.99. The molecule has 0 aliphatic rings. The predicted molar refractivity (Wildman–Crippen MR) is 86.3 cm³/mol. The van der Waals surface area contributed by atoms with Crippen molar-refractivity contribution in [2.45, 2.75) is 20.8 Å². The van der Waals surface area contributed by atoms with Gasteiger partial charge in [0.2, 0.25) is 0 Å². The van der Waals surface area contributed by atoms with E-state index in [1.807, 2.05) is 57.2 Å². The van der Waals surface area contributed by atoms with Crippen molar-refractivity contribution in [2.75, 3.05) is 0 Å². The minimum absolute atomic E-state index is 0. The maximum absolute atomic E-state index is 12.0. The molecule has 1 unspecified atom stereocenters. The van der Waals surface area contributed by atoms with Gasteiger partial charge in [-0.1, -0.05) is 36.4 Å². The van der Waals surface area contributed by atoms with Gasteiger partial charge in [0, 0.05) is 29.6 Å². The Kier molecular flexibility index (Phi) is 6.76. The molecule has 0 fully saturated rings. The van der Waals surface area contributed by atoms with Crippen LogP contribution in [0.4, 0.5) is 0 Å². The van der Waals surface area contributed by atoms with E-state index in [-0.39, 0.29) is 29.6 Å². The normalized spacial score (nSPS) is 10.0. The molecular formula is C16H16NaO3P+. The fourth-order valence-electron chi connectivity index (χ4n) is 2.64. The largest absolute Gasteiger partial charge is 0.545 e. The van der Waals surface area contributed by atoms with E-state index >= 15 is 0 Å². The van der Waals surface area contributed by atoms with Crippen LogP contribution in [0.1, 0.15) is 27.0 Å². The van der Waals surface area contributed by atoms with Gasteiger partial charge in [-0.3, -0.25) is 0 Å². The van der Waals surface area contributed by atoms with E-state index in [0.717, 1.165) is 27.8 Å². The zero-order valence-electron chi connectivity index (χ0n) is 12.7. The quantitative estimate of drug-likeness (QED) is 0.636. The Hall–Kier alpha value is -0.990. The first-order valence-electron chi connectivity index (χ1n) is 6.30. The molecular weight excluding hydrogens is 294 g/mol. The third-order valence-electron chi connectivity index (χ3n) is 3.37. The second kappa shape index (κ2) is 7.86. The average Bonchev–Trinajstić information content (AvgIpc) is 2.39. The van der Waals surface area contributed by atoms with Crippen molar-refractivity contribution >= 4 is 44.2 Å². The smallest absolute Gasteiger partial charge is 0.241 e. The van der Waals surface area contributed by atoms with Crippen LogP contribution in [0.2, 0.25) is 0 Å². The van der Waals surface area contributed by atoms with Gasteiger partial charge < -0.3 is 0 Å². The van der Waals surface area contributed by atoms with Gasteiger partial charge in [0.05, 0.1) is 5.56 Å². The third kappa shape index (κ3) is 3.81. The van der Waals surface area contributed by atoms with Crippen LogP contribution in [0.25, 0.3) is 11.1 Å². The molecule has 103 valence electrons. The van der Waals surface area contributed by atoms with Crippen molar-refractivity contribution in [3.63, 3.8) is 0 Å². The molecule has 21 heavy (non-hydrogen) atoms. The Balaban J connectivity index is 0.00000220. The van der Waals surface area contributed by atoms with Gasteiger partial charge in [-0.2, -0.15) is 0 Å². The van der Waals surface area contributed by atoms with Gasteiger partial charge >= 0.3 is 14.7 Å². The molecule has 0 bridgehead atoms. The summed E-state index contributed by atoms with van der Waals surface area (Å²) in [6.07, 6.45) is 0. The number of carbonyl (C=O) groups is 1. The van der Waals surface area contributed by atoms with Crippen molar-refractivity contribution in [2.24, 2.45) is 0 Å². The fraction of sp³-hybridized carbons (Fsp3) is 0.188. The number of hydrogen-bond acceptors (Lipinski definition) is 3. The second-order valence-electron chi connectivity index (χ2n) is 4.72. The van der Waals surface area contributed by atoms with Gasteiger partial charge in [0.1, 0.15) is 0 Å². The topological polar surface area (TPSA) is 43.4 Å². The number of aryl methyl sites for hydroxylation is 2. The van der Waals surface area contributed by atoms with Crippen LogP contribution >= 0.6 is 8.69 Å². The van der Waals surface area contributed by atoms with Gasteiger partial charge in [-0.25, -0.2) is 9.32 Å². The zero-order chi connectivity index (χ0) is 14.7. The van der Waals surface area contributed by atoms with Crippen molar-refractivity contribution in [1.82, 2.24) is 0 Å². The molecule has 1 radical (unpaired) electrons. The van der Waals surface area contributed by atoms with Crippen LogP contribution in [0.3, 0.4) is 0 Å². The van der Waals surface area contributed by atoms with Crippen LogP contribution < -0.4 is 0 Å². The third-order valence-corrected chi connectivity index (χ3v) is 3.64. The molecule has 2 aromatic rings. The summed E-state index contributed by atoms with van der Waals surface area (Å²) in [5.41, 5.74) is 5.38. The second-order valence-corrected chi connectivity index (χ2v) is 5.10. The molecule has 5 heteroatoms. The first kappa shape index (κ1) is 18.1. The van der Waals surface area contributed by atoms with E-state index in [1.165, 1.54) is 0 Å². The maximum Gasteiger partial charge on any atom is 0.545 e. The van der Waals surface area contributed by atoms with E-state index in [4.69, 9.17) is 0 Å². The van der Waals surface area contributed by atoms with Gasteiger partial charge in [-0.15, -0.1) is 0 Å². The Morgan fingerprint density at radius 3 is 2.24 bits per heavy atom. The summed E-state index contributed by atoms with van der Waals surface area (Å²) in [7, 11) is -1.08. The summed E-state index contributed by atoms with van der Waals surface area (Å²) >= 11 is 0. The molecule has 0 amide bonds. The van der Waals surface area contributed by atoms with Gasteiger partial charge in [0.25, 0.3) is 0 Å². The van der Waals surface area contributed by atoms with E-state index < -0.39 is 14.7 Å². The molecule has 0 aromatic heterocycles. The molecule has 0 N–H and O–H groups in total. The maximum atomic E-state index is 12.0. The summed E-state index contributed by atoms with van der Waals surface area (Å²) < 4.78 is 15.2. The first-order chi connectivity index (χ1) is 9.56. The molecule has 0 heterocycles. The van der Waals surface area contributed by atoms with Crippen molar-refractivity contribution in [3.8, 4) is 11.1 Å². The van der Waals surface area contributed by atoms with Crippen molar-refractivity contribution in [3.05, 3.63) is 58.7 Å². The van der Waals surface area contributed by atoms with Crippen LogP contribution in [0.15, 0.2) is 36.4 Å². The minimum Gasteiger partial charge on any atom is -0.241 e. The molecule has 3 nitrogen and oxygen atoms in total. The molecule has 2 aromatic carbocycles. The molecule has 1 atom stereocenters. The van der Waals surface area contributed by atoms with Crippen LogP contribution in [0.5, 0.6) is 0 Å². The SMILES string of the molecule is Cc1cc(C)c(-c2ccccc2)c(C)c1C(=O)O[PH+]=O.[Na]. The molecule has 0 aliphatic carbocycles. The molecule has 0 aliphatic heterocycles. The van der Waals surface area contributed by atoms with Crippen molar-refractivity contribution in [1.29, 1.82) is 0 Å². The summed E-state index contributed by atoms with van der Waals surface area (Å²) in [6, 6.07) is 11.9. The molecule has 2 rings (SSSR count).